The molecule has 0 aliphatic heterocycles. The van der Waals surface area contributed by atoms with Gasteiger partial charge < -0.3 is 5.32 Å². The second-order valence-corrected chi connectivity index (χ2v) is 8.23. The molecule has 1 fully saturated rings. The van der Waals surface area contributed by atoms with E-state index in [0.717, 1.165) is 6.54 Å². The van der Waals surface area contributed by atoms with E-state index in [4.69, 9.17) is 0 Å². The molecule has 2 N–H and O–H groups in total. The maximum Gasteiger partial charge on any atom is 0.242 e. The van der Waals surface area contributed by atoms with E-state index < -0.39 is 10.0 Å². The van der Waals surface area contributed by atoms with Gasteiger partial charge in [-0.25, -0.2) is 13.1 Å². The molecule has 1 aromatic carbocycles. The van der Waals surface area contributed by atoms with Gasteiger partial charge in [0.1, 0.15) is 4.90 Å². The molecule has 0 saturated heterocycles. The van der Waals surface area contributed by atoms with E-state index in [-0.39, 0.29) is 6.04 Å². The molecule has 20 heavy (non-hydrogen) atoms. The highest BCUT2D eigenvalue weighted by atomic mass is 32.2. The van der Waals surface area contributed by atoms with Crippen LogP contribution in [0.5, 0.6) is 0 Å². The zero-order valence-electron chi connectivity index (χ0n) is 12.6. The number of anilines is 1. The summed E-state index contributed by atoms with van der Waals surface area (Å²) in [5.74, 6) is 0.622. The lowest BCUT2D eigenvalue weighted by atomic mass is 10.1. The van der Waals surface area contributed by atoms with E-state index in [9.17, 15) is 8.42 Å². The van der Waals surface area contributed by atoms with Crippen LogP contribution in [0.25, 0.3) is 0 Å². The smallest absolute Gasteiger partial charge is 0.242 e. The monoisotopic (exact) mass is 296 g/mol. The van der Waals surface area contributed by atoms with E-state index in [1.807, 2.05) is 26.0 Å². The molecule has 1 saturated carbocycles. The molecule has 1 atom stereocenters. The van der Waals surface area contributed by atoms with Crippen LogP contribution in [-0.2, 0) is 10.0 Å². The molecular formula is C15H24N2O2S. The molecule has 5 heteroatoms. The van der Waals surface area contributed by atoms with Crippen LogP contribution >= 0.6 is 0 Å². The molecule has 4 nitrogen and oxygen atoms in total. The molecule has 0 bridgehead atoms. The van der Waals surface area contributed by atoms with Gasteiger partial charge in [0.25, 0.3) is 0 Å². The van der Waals surface area contributed by atoms with Gasteiger partial charge >= 0.3 is 0 Å². The van der Waals surface area contributed by atoms with Crippen molar-refractivity contribution in [2.24, 2.45) is 11.3 Å². The van der Waals surface area contributed by atoms with Crippen LogP contribution in [0.3, 0.4) is 0 Å². The Bertz CT molecular complexity index is 579. The van der Waals surface area contributed by atoms with Crippen LogP contribution in [0.2, 0.25) is 0 Å². The number of benzene rings is 1. The molecule has 0 aromatic heterocycles. The normalized spacial score (nSPS) is 20.9. The molecule has 1 aliphatic rings. The second-order valence-electron chi connectivity index (χ2n) is 6.54. The number of hydrogen-bond acceptors (Lipinski definition) is 3. The van der Waals surface area contributed by atoms with Gasteiger partial charge in [-0.05, 0) is 43.7 Å². The lowest BCUT2D eigenvalue weighted by Crippen LogP contribution is -2.30. The predicted octanol–water partition coefficient (Wildman–Crippen LogP) is 2.83. The standard InChI is InChI=1S/C15H24N2O2S/c1-11(2)17-20(18,19)14-8-6-5-7-13(14)16-10-12-9-15(12,3)4/h5-8,11-12,16-17H,9-10H2,1-4H3. The second kappa shape index (κ2) is 5.37. The zero-order chi connectivity index (χ0) is 15.0. The summed E-state index contributed by atoms with van der Waals surface area (Å²) in [5.41, 5.74) is 1.07. The number of hydrogen-bond donors (Lipinski definition) is 2. The summed E-state index contributed by atoms with van der Waals surface area (Å²) in [7, 11) is -3.46. The highest BCUT2D eigenvalue weighted by molar-refractivity contribution is 7.89. The maximum atomic E-state index is 12.3. The third-order valence-corrected chi connectivity index (χ3v) is 5.54. The third kappa shape index (κ3) is 3.52. The van der Waals surface area contributed by atoms with E-state index in [1.54, 1.807) is 12.1 Å². The zero-order valence-corrected chi connectivity index (χ0v) is 13.4. The van der Waals surface area contributed by atoms with Gasteiger partial charge in [0, 0.05) is 12.6 Å². The van der Waals surface area contributed by atoms with Crippen molar-refractivity contribution in [3.8, 4) is 0 Å². The van der Waals surface area contributed by atoms with E-state index in [2.05, 4.69) is 23.9 Å². The summed E-state index contributed by atoms with van der Waals surface area (Å²) < 4.78 is 27.2. The van der Waals surface area contributed by atoms with E-state index in [1.165, 1.54) is 6.42 Å². The fourth-order valence-corrected chi connectivity index (χ4v) is 3.81. The summed E-state index contributed by atoms with van der Waals surface area (Å²) in [6, 6.07) is 6.96. The first-order valence-electron chi connectivity index (χ1n) is 7.07. The first kappa shape index (κ1) is 15.3. The highest BCUT2D eigenvalue weighted by Gasteiger charge is 2.45. The number of sulfonamides is 1. The summed E-state index contributed by atoms with van der Waals surface area (Å²) >= 11 is 0. The Morgan fingerprint density at radius 1 is 1.30 bits per heavy atom. The number of nitrogens with one attached hydrogen (secondary N) is 2. The highest BCUT2D eigenvalue weighted by Crippen LogP contribution is 2.51. The SMILES string of the molecule is CC(C)NS(=O)(=O)c1ccccc1NCC1CC1(C)C. The molecule has 0 spiro atoms. The fraction of sp³-hybridized carbons (Fsp3) is 0.600. The molecule has 0 amide bonds. The molecule has 1 aromatic rings. The molecule has 0 heterocycles. The molecular weight excluding hydrogens is 272 g/mol. The molecule has 112 valence electrons. The van der Waals surface area contributed by atoms with E-state index in [0.29, 0.717) is 21.9 Å². The van der Waals surface area contributed by atoms with E-state index >= 15 is 0 Å². The Hall–Kier alpha value is -1.07. The molecule has 2 rings (SSSR count). The van der Waals surface area contributed by atoms with Crippen LogP contribution < -0.4 is 10.0 Å². The third-order valence-electron chi connectivity index (χ3n) is 3.82. The van der Waals surface area contributed by atoms with Crippen LogP contribution in [0.4, 0.5) is 5.69 Å². The number of rotatable bonds is 6. The Kier molecular flexibility index (Phi) is 4.12. The van der Waals surface area contributed by atoms with Gasteiger partial charge in [0.05, 0.1) is 5.69 Å². The minimum Gasteiger partial charge on any atom is -0.384 e. The summed E-state index contributed by atoms with van der Waals surface area (Å²) in [6.07, 6.45) is 1.19. The largest absolute Gasteiger partial charge is 0.384 e. The quantitative estimate of drug-likeness (QED) is 0.848. The van der Waals surface area contributed by atoms with Crippen molar-refractivity contribution in [1.82, 2.24) is 4.72 Å². The van der Waals surface area contributed by atoms with Crippen molar-refractivity contribution in [3.63, 3.8) is 0 Å². The summed E-state index contributed by atoms with van der Waals surface area (Å²) in [4.78, 5) is 0.326. The molecule has 1 aliphatic carbocycles. The van der Waals surface area contributed by atoms with Gasteiger partial charge in [-0.15, -0.1) is 0 Å². The fourth-order valence-electron chi connectivity index (χ4n) is 2.38. The minimum atomic E-state index is -3.46. The lowest BCUT2D eigenvalue weighted by molar-refractivity contribution is 0.568. The molecule has 0 radical (unpaired) electrons. The van der Waals surface area contributed by atoms with Crippen LogP contribution in [-0.4, -0.2) is 21.0 Å². The van der Waals surface area contributed by atoms with Crippen molar-refractivity contribution in [2.45, 2.75) is 45.1 Å². The Labute approximate surface area is 122 Å². The Morgan fingerprint density at radius 2 is 1.90 bits per heavy atom. The lowest BCUT2D eigenvalue weighted by Gasteiger charge is -2.15. The van der Waals surface area contributed by atoms with Crippen molar-refractivity contribution in [1.29, 1.82) is 0 Å². The van der Waals surface area contributed by atoms with Crippen LogP contribution in [0.1, 0.15) is 34.1 Å². The first-order chi connectivity index (χ1) is 9.22. The van der Waals surface area contributed by atoms with Gasteiger partial charge in [-0.1, -0.05) is 26.0 Å². The van der Waals surface area contributed by atoms with Gasteiger partial charge in [0.2, 0.25) is 10.0 Å². The predicted molar refractivity (Wildman–Crippen MR) is 82.3 cm³/mol. The molecule has 1 unspecified atom stereocenters. The first-order valence-corrected chi connectivity index (χ1v) is 8.56. The Morgan fingerprint density at radius 3 is 2.45 bits per heavy atom. The van der Waals surface area contributed by atoms with Crippen LogP contribution in [0, 0.1) is 11.3 Å². The van der Waals surface area contributed by atoms with Crippen molar-refractivity contribution >= 4 is 15.7 Å². The summed E-state index contributed by atoms with van der Waals surface area (Å²) in [5, 5.41) is 3.29. The summed E-state index contributed by atoms with van der Waals surface area (Å²) in [6.45, 7) is 8.94. The van der Waals surface area contributed by atoms with Gasteiger partial charge in [-0.3, -0.25) is 0 Å². The Balaban J connectivity index is 2.14. The average molecular weight is 296 g/mol. The number of para-hydroxylation sites is 1. The van der Waals surface area contributed by atoms with Crippen LogP contribution in [0.15, 0.2) is 29.2 Å². The maximum absolute atomic E-state index is 12.3. The van der Waals surface area contributed by atoms with Gasteiger partial charge in [-0.2, -0.15) is 0 Å². The van der Waals surface area contributed by atoms with Crippen molar-refractivity contribution in [3.05, 3.63) is 24.3 Å². The topological polar surface area (TPSA) is 58.2 Å². The average Bonchev–Trinajstić information content (AvgIpc) is 2.93. The van der Waals surface area contributed by atoms with Crippen molar-refractivity contribution < 1.29 is 8.42 Å². The van der Waals surface area contributed by atoms with Gasteiger partial charge in [0.15, 0.2) is 0 Å². The van der Waals surface area contributed by atoms with Crippen molar-refractivity contribution in [2.75, 3.05) is 11.9 Å². The minimum absolute atomic E-state index is 0.115.